The van der Waals surface area contributed by atoms with E-state index in [1.165, 1.54) is 11.1 Å². The van der Waals surface area contributed by atoms with Crippen molar-refractivity contribution >= 4 is 74.9 Å². The molecule has 0 bridgehead atoms. The van der Waals surface area contributed by atoms with Gasteiger partial charge in [-0.25, -0.2) is 0 Å². The second-order valence-electron chi connectivity index (χ2n) is 6.25. The van der Waals surface area contributed by atoms with Crippen LogP contribution in [0.5, 0.6) is 0 Å². The van der Waals surface area contributed by atoms with Crippen LogP contribution in [0.15, 0.2) is 69.9 Å². The minimum absolute atomic E-state index is 0.710. The minimum atomic E-state index is 0.710. The van der Waals surface area contributed by atoms with Crippen LogP contribution in [0.4, 0.5) is 0 Å². The summed E-state index contributed by atoms with van der Waals surface area (Å²) >= 11 is 17.5. The fourth-order valence-electron chi connectivity index (χ4n) is 2.82. The molecule has 0 aliphatic heterocycles. The van der Waals surface area contributed by atoms with Gasteiger partial charge in [0.05, 0.1) is 0 Å². The summed E-state index contributed by atoms with van der Waals surface area (Å²) in [5.41, 5.74) is 3.57. The van der Waals surface area contributed by atoms with E-state index in [1.807, 2.05) is 30.3 Å². The summed E-state index contributed by atoms with van der Waals surface area (Å²) in [5.74, 6) is 1.66. The Kier molecular flexibility index (Phi) is 6.83. The zero-order valence-electron chi connectivity index (χ0n) is 15.3. The molecule has 1 aromatic heterocycles. The topological polar surface area (TPSA) is 25.8 Å². The smallest absolute Gasteiger partial charge is 0.131 e. The van der Waals surface area contributed by atoms with Gasteiger partial charge in [-0.15, -0.1) is 10.2 Å². The quantitative estimate of drug-likeness (QED) is 0.252. The Morgan fingerprint density at radius 3 is 2.31 bits per heavy atom. The summed E-state index contributed by atoms with van der Waals surface area (Å²) < 4.78 is 1.93. The van der Waals surface area contributed by atoms with Crippen molar-refractivity contribution < 1.29 is 0 Å². The van der Waals surface area contributed by atoms with E-state index >= 15 is 0 Å². The molecule has 0 saturated carbocycles. The molecule has 2 nitrogen and oxygen atoms in total. The minimum Gasteiger partial charge on any atom is -0.131 e. The van der Waals surface area contributed by atoms with Crippen LogP contribution in [-0.2, 0) is 11.5 Å². The van der Waals surface area contributed by atoms with Gasteiger partial charge in [0.25, 0.3) is 0 Å². The molecule has 7 heteroatoms. The molecule has 0 saturated heterocycles. The predicted octanol–water partition coefficient (Wildman–Crippen LogP) is 8.23. The average Bonchev–Trinajstić information content (AvgIpc) is 3.20. The highest BCUT2D eigenvalue weighted by Gasteiger charge is 2.10. The number of thioether (sulfide) groups is 2. The molecule has 4 aromatic rings. The molecule has 0 fully saturated rings. The second-order valence-corrected chi connectivity index (χ2v) is 10.5. The van der Waals surface area contributed by atoms with Gasteiger partial charge in [0.1, 0.15) is 0 Å². The number of nitrogens with zero attached hydrogens (tertiary/aromatic N) is 2. The van der Waals surface area contributed by atoms with Crippen molar-refractivity contribution in [1.29, 1.82) is 0 Å². The SMILES string of the molecule is C=Cc1ccc(CSc2nnc(SCc3ccc(Cl)c4ccc(Cl)cc34)s2)cc1. The van der Waals surface area contributed by atoms with Crippen LogP contribution in [-0.4, -0.2) is 10.2 Å². The summed E-state index contributed by atoms with van der Waals surface area (Å²) in [4.78, 5) is 0. The Balaban J connectivity index is 1.40. The number of benzene rings is 3. The fraction of sp³-hybridized carbons (Fsp3) is 0.0909. The first-order chi connectivity index (χ1) is 14.1. The standard InChI is InChI=1S/C22H16Cl2N2S3/c1-2-14-3-5-15(6-4-14)12-27-21-25-26-22(29-21)28-13-16-7-10-20(24)18-9-8-17(23)11-19(16)18/h2-11H,1,12-13H2. The summed E-state index contributed by atoms with van der Waals surface area (Å²) in [5, 5.41) is 12.2. The highest BCUT2D eigenvalue weighted by molar-refractivity contribution is 8.02. The number of halogens is 2. The molecule has 0 aliphatic rings. The molecule has 0 amide bonds. The van der Waals surface area contributed by atoms with Crippen molar-refractivity contribution in [1.82, 2.24) is 10.2 Å². The lowest BCUT2D eigenvalue weighted by Crippen LogP contribution is -1.85. The lowest BCUT2D eigenvalue weighted by molar-refractivity contribution is 0.954. The molecule has 1 heterocycles. The van der Waals surface area contributed by atoms with Crippen LogP contribution in [0.3, 0.4) is 0 Å². The van der Waals surface area contributed by atoms with E-state index in [4.69, 9.17) is 23.2 Å². The van der Waals surface area contributed by atoms with Crippen LogP contribution < -0.4 is 0 Å². The maximum Gasteiger partial charge on any atom is 0.175 e. The molecular formula is C22H16Cl2N2S3. The number of aromatic nitrogens is 2. The van der Waals surface area contributed by atoms with E-state index in [2.05, 4.69) is 47.1 Å². The van der Waals surface area contributed by atoms with Gasteiger partial charge in [-0.1, -0.05) is 107 Å². The van der Waals surface area contributed by atoms with Crippen LogP contribution in [0.1, 0.15) is 16.7 Å². The van der Waals surface area contributed by atoms with Crippen molar-refractivity contribution in [2.45, 2.75) is 20.2 Å². The lowest BCUT2D eigenvalue weighted by Gasteiger charge is -2.07. The average molecular weight is 475 g/mol. The van der Waals surface area contributed by atoms with Gasteiger partial charge < -0.3 is 0 Å². The maximum absolute atomic E-state index is 6.33. The third kappa shape index (κ3) is 5.16. The van der Waals surface area contributed by atoms with Crippen LogP contribution in [0.2, 0.25) is 10.0 Å². The van der Waals surface area contributed by atoms with Gasteiger partial charge in [-0.05, 0) is 40.3 Å². The van der Waals surface area contributed by atoms with Crippen molar-refractivity contribution in [2.75, 3.05) is 0 Å². The number of fused-ring (bicyclic) bond motifs is 1. The maximum atomic E-state index is 6.33. The Morgan fingerprint density at radius 1 is 0.862 bits per heavy atom. The molecule has 0 unspecified atom stereocenters. The third-order valence-electron chi connectivity index (χ3n) is 4.33. The molecule has 146 valence electrons. The van der Waals surface area contributed by atoms with E-state index < -0.39 is 0 Å². The van der Waals surface area contributed by atoms with Gasteiger partial charge in [0.15, 0.2) is 8.68 Å². The van der Waals surface area contributed by atoms with Crippen molar-refractivity contribution in [3.63, 3.8) is 0 Å². The first kappa shape index (κ1) is 20.8. The number of hydrogen-bond acceptors (Lipinski definition) is 5. The van der Waals surface area contributed by atoms with Crippen molar-refractivity contribution in [2.24, 2.45) is 0 Å². The highest BCUT2D eigenvalue weighted by atomic mass is 35.5. The first-order valence-corrected chi connectivity index (χ1v) is 12.3. The van der Waals surface area contributed by atoms with Gasteiger partial charge in [0, 0.05) is 26.9 Å². The van der Waals surface area contributed by atoms with E-state index in [0.717, 1.165) is 41.5 Å². The third-order valence-corrected chi connectivity index (χ3v) is 8.21. The monoisotopic (exact) mass is 474 g/mol. The van der Waals surface area contributed by atoms with Gasteiger partial charge in [0.2, 0.25) is 0 Å². The first-order valence-electron chi connectivity index (χ1n) is 8.79. The second kappa shape index (κ2) is 9.54. The van der Waals surface area contributed by atoms with Crippen molar-refractivity contribution in [3.8, 4) is 0 Å². The van der Waals surface area contributed by atoms with E-state index in [-0.39, 0.29) is 0 Å². The molecule has 0 N–H and O–H groups in total. The molecule has 0 aliphatic carbocycles. The van der Waals surface area contributed by atoms with Gasteiger partial charge in [-0.2, -0.15) is 0 Å². The molecule has 0 radical (unpaired) electrons. The van der Waals surface area contributed by atoms with Crippen LogP contribution in [0.25, 0.3) is 16.8 Å². The zero-order valence-corrected chi connectivity index (χ0v) is 19.2. The molecule has 3 aromatic carbocycles. The number of hydrogen-bond donors (Lipinski definition) is 0. The Morgan fingerprint density at radius 2 is 1.59 bits per heavy atom. The van der Waals surface area contributed by atoms with E-state index in [0.29, 0.717) is 5.02 Å². The summed E-state index contributed by atoms with van der Waals surface area (Å²) in [6.07, 6.45) is 1.85. The molecule has 0 spiro atoms. The summed E-state index contributed by atoms with van der Waals surface area (Å²) in [6.45, 7) is 3.78. The molecule has 29 heavy (non-hydrogen) atoms. The van der Waals surface area contributed by atoms with Crippen LogP contribution in [0, 0.1) is 0 Å². The van der Waals surface area contributed by atoms with Gasteiger partial charge >= 0.3 is 0 Å². The fourth-order valence-corrected chi connectivity index (χ4v) is 6.20. The largest absolute Gasteiger partial charge is 0.175 e. The summed E-state index contributed by atoms with van der Waals surface area (Å²) in [6, 6.07) is 18.2. The zero-order chi connectivity index (χ0) is 20.2. The Labute approximate surface area is 192 Å². The lowest BCUT2D eigenvalue weighted by atomic mass is 10.1. The molecule has 0 atom stereocenters. The van der Waals surface area contributed by atoms with E-state index in [9.17, 15) is 0 Å². The molecule has 4 rings (SSSR count). The predicted molar refractivity (Wildman–Crippen MR) is 130 cm³/mol. The van der Waals surface area contributed by atoms with Crippen molar-refractivity contribution in [3.05, 3.63) is 87.9 Å². The van der Waals surface area contributed by atoms with Gasteiger partial charge in [-0.3, -0.25) is 0 Å². The number of rotatable bonds is 7. The van der Waals surface area contributed by atoms with E-state index in [1.54, 1.807) is 34.9 Å². The normalized spacial score (nSPS) is 11.1. The van der Waals surface area contributed by atoms with Crippen LogP contribution >= 0.6 is 58.1 Å². The summed E-state index contributed by atoms with van der Waals surface area (Å²) in [7, 11) is 0. The Bertz CT molecular complexity index is 1160. The Hall–Kier alpha value is -1.50. The molecular weight excluding hydrogens is 459 g/mol. The highest BCUT2D eigenvalue weighted by Crippen LogP contribution is 2.35.